The topological polar surface area (TPSA) is 59.4 Å². The van der Waals surface area contributed by atoms with Gasteiger partial charge in [0.05, 0.1) is 15.6 Å². The van der Waals surface area contributed by atoms with Gasteiger partial charge >= 0.3 is 12.4 Å². The van der Waals surface area contributed by atoms with Gasteiger partial charge in [0.2, 0.25) is 0 Å². The summed E-state index contributed by atoms with van der Waals surface area (Å²) in [6.45, 7) is 1.95. The highest BCUT2D eigenvalue weighted by Gasteiger charge is 2.32. The standard InChI is InChI=1S/C28H22Cl3F3N4O2/c29-22-6-3-17(12-23(22)30)2-1-10-37-11-8-24-21(16-37)20-5-4-19(40-28(32,33)34)14-25(20)38(24)27(39)36-15-18-7-9-35-26(31)13-18/h1-7,9,12-14H,8,10-11,15-16H2,(H,36,39)/b2-1+. The van der Waals surface area contributed by atoms with Crippen LogP contribution in [0.1, 0.15) is 22.4 Å². The zero-order chi connectivity index (χ0) is 28.4. The fraction of sp³-hybridized carbons (Fsp3) is 0.214. The number of carbonyl (C=O) groups excluding carboxylic acids is 1. The zero-order valence-corrected chi connectivity index (χ0v) is 23.1. The van der Waals surface area contributed by atoms with E-state index in [1.807, 2.05) is 18.2 Å². The Morgan fingerprint density at radius 1 is 1.07 bits per heavy atom. The second-order valence-electron chi connectivity index (χ2n) is 9.19. The maximum Gasteiger partial charge on any atom is 0.573 e. The number of hydrogen-bond acceptors (Lipinski definition) is 4. The second-order valence-corrected chi connectivity index (χ2v) is 10.4. The van der Waals surface area contributed by atoms with E-state index < -0.39 is 18.1 Å². The number of aromatic nitrogens is 2. The summed E-state index contributed by atoms with van der Waals surface area (Å²) >= 11 is 18.0. The Hall–Kier alpha value is -3.24. The van der Waals surface area contributed by atoms with Crippen LogP contribution in [0.25, 0.3) is 17.0 Å². The van der Waals surface area contributed by atoms with Crippen LogP contribution in [0.4, 0.5) is 18.0 Å². The Morgan fingerprint density at radius 3 is 2.65 bits per heavy atom. The maximum absolute atomic E-state index is 13.4. The number of nitrogens with zero attached hydrogens (tertiary/aromatic N) is 3. The average molecular weight is 610 g/mol. The minimum absolute atomic E-state index is 0.167. The van der Waals surface area contributed by atoms with E-state index in [2.05, 4.69) is 19.9 Å². The number of benzene rings is 2. The predicted molar refractivity (Wildman–Crippen MR) is 150 cm³/mol. The van der Waals surface area contributed by atoms with Crippen molar-refractivity contribution >= 4 is 57.8 Å². The van der Waals surface area contributed by atoms with Gasteiger partial charge < -0.3 is 10.1 Å². The molecule has 0 radical (unpaired) electrons. The number of hydrogen-bond donors (Lipinski definition) is 1. The molecule has 1 N–H and O–H groups in total. The van der Waals surface area contributed by atoms with Gasteiger partial charge in [0.15, 0.2) is 0 Å². The average Bonchev–Trinajstić information content (AvgIpc) is 3.21. The molecule has 0 unspecified atom stereocenters. The van der Waals surface area contributed by atoms with Crippen LogP contribution in [0.15, 0.2) is 60.8 Å². The van der Waals surface area contributed by atoms with E-state index in [9.17, 15) is 18.0 Å². The summed E-state index contributed by atoms with van der Waals surface area (Å²) in [5, 5.41) is 4.77. The number of alkyl halides is 3. The minimum atomic E-state index is -4.86. The van der Waals surface area contributed by atoms with Crippen molar-refractivity contribution in [3.63, 3.8) is 0 Å². The first-order valence-electron chi connectivity index (χ1n) is 12.2. The highest BCUT2D eigenvalue weighted by atomic mass is 35.5. The Kier molecular flexibility index (Phi) is 8.28. The first kappa shape index (κ1) is 28.3. The zero-order valence-electron chi connectivity index (χ0n) is 20.8. The third-order valence-corrected chi connectivity index (χ3v) is 7.43. The first-order chi connectivity index (χ1) is 19.1. The largest absolute Gasteiger partial charge is 0.573 e. The van der Waals surface area contributed by atoms with Crippen LogP contribution < -0.4 is 10.1 Å². The third kappa shape index (κ3) is 6.55. The van der Waals surface area contributed by atoms with Gasteiger partial charge in [-0.1, -0.05) is 53.0 Å². The van der Waals surface area contributed by atoms with Crippen molar-refractivity contribution in [2.45, 2.75) is 25.9 Å². The van der Waals surface area contributed by atoms with Gasteiger partial charge in [-0.15, -0.1) is 13.2 Å². The Balaban J connectivity index is 1.42. The molecule has 0 saturated heterocycles. The van der Waals surface area contributed by atoms with Crippen molar-refractivity contribution in [1.29, 1.82) is 0 Å². The van der Waals surface area contributed by atoms with Gasteiger partial charge in [0.25, 0.3) is 0 Å². The number of halogens is 6. The number of nitrogens with one attached hydrogen (secondary N) is 1. The lowest BCUT2D eigenvalue weighted by Crippen LogP contribution is -2.34. The molecule has 40 heavy (non-hydrogen) atoms. The molecule has 3 heterocycles. The van der Waals surface area contributed by atoms with Crippen LogP contribution >= 0.6 is 34.8 Å². The molecule has 6 nitrogen and oxygen atoms in total. The summed E-state index contributed by atoms with van der Waals surface area (Å²) in [6, 6.07) is 12.3. The van der Waals surface area contributed by atoms with Crippen LogP contribution in [-0.4, -0.2) is 39.9 Å². The number of rotatable bonds is 6. The highest BCUT2D eigenvalue weighted by Crippen LogP contribution is 2.34. The normalized spacial score (nSPS) is 14.1. The van der Waals surface area contributed by atoms with Crippen LogP contribution in [0.5, 0.6) is 5.75 Å². The summed E-state index contributed by atoms with van der Waals surface area (Å²) in [5.41, 5.74) is 3.61. The van der Waals surface area contributed by atoms with E-state index in [0.717, 1.165) is 22.4 Å². The molecule has 0 saturated carbocycles. The SMILES string of the molecule is O=C(NCc1ccnc(Cl)c1)n1c2c(c3ccc(OC(F)(F)F)cc31)CN(C/C=C/c1ccc(Cl)c(Cl)c1)CC2. The molecule has 2 aromatic heterocycles. The molecule has 1 aliphatic rings. The first-order valence-corrected chi connectivity index (χ1v) is 13.4. The molecule has 2 aromatic carbocycles. The smallest absolute Gasteiger partial charge is 0.406 e. The molecule has 0 atom stereocenters. The summed E-state index contributed by atoms with van der Waals surface area (Å²) in [5.74, 6) is -0.397. The Labute approximate surface area is 242 Å². The molecular weight excluding hydrogens is 588 g/mol. The molecule has 0 spiro atoms. The molecule has 1 amide bonds. The summed E-state index contributed by atoms with van der Waals surface area (Å²) in [7, 11) is 0. The lowest BCUT2D eigenvalue weighted by molar-refractivity contribution is -0.274. The van der Waals surface area contributed by atoms with Gasteiger partial charge in [-0.05, 0) is 53.1 Å². The van der Waals surface area contributed by atoms with E-state index in [1.54, 1.807) is 30.3 Å². The van der Waals surface area contributed by atoms with Crippen molar-refractivity contribution in [2.24, 2.45) is 0 Å². The van der Waals surface area contributed by atoms with Gasteiger partial charge in [-0.2, -0.15) is 0 Å². The minimum Gasteiger partial charge on any atom is -0.406 e. The number of fused-ring (bicyclic) bond motifs is 3. The van der Waals surface area contributed by atoms with Crippen molar-refractivity contribution in [3.8, 4) is 5.75 Å². The monoisotopic (exact) mass is 608 g/mol. The van der Waals surface area contributed by atoms with Gasteiger partial charge in [-0.25, -0.2) is 9.78 Å². The number of pyridine rings is 1. The van der Waals surface area contributed by atoms with E-state index >= 15 is 0 Å². The van der Waals surface area contributed by atoms with Crippen LogP contribution in [0.2, 0.25) is 15.2 Å². The summed E-state index contributed by atoms with van der Waals surface area (Å²) in [4.78, 5) is 19.5. The molecular formula is C28H22Cl3F3N4O2. The third-order valence-electron chi connectivity index (χ3n) is 6.49. The van der Waals surface area contributed by atoms with E-state index in [4.69, 9.17) is 34.8 Å². The van der Waals surface area contributed by atoms with Crippen LogP contribution in [0, 0.1) is 0 Å². The summed E-state index contributed by atoms with van der Waals surface area (Å²) < 4.78 is 44.4. The van der Waals surface area contributed by atoms with E-state index in [1.165, 1.54) is 22.9 Å². The quantitative estimate of drug-likeness (QED) is 0.227. The summed E-state index contributed by atoms with van der Waals surface area (Å²) in [6.07, 6.45) is 1.15. The van der Waals surface area contributed by atoms with E-state index in [0.29, 0.717) is 47.0 Å². The molecule has 12 heteroatoms. The lowest BCUT2D eigenvalue weighted by Gasteiger charge is -2.27. The Morgan fingerprint density at radius 2 is 1.90 bits per heavy atom. The highest BCUT2D eigenvalue weighted by molar-refractivity contribution is 6.42. The molecule has 208 valence electrons. The van der Waals surface area contributed by atoms with E-state index in [-0.39, 0.29) is 11.7 Å². The van der Waals surface area contributed by atoms with Crippen LogP contribution in [-0.2, 0) is 19.5 Å². The van der Waals surface area contributed by atoms with Crippen molar-refractivity contribution < 1.29 is 22.7 Å². The Bertz CT molecular complexity index is 1600. The number of amides is 1. The van der Waals surface area contributed by atoms with Gasteiger partial charge in [0.1, 0.15) is 10.9 Å². The molecule has 1 aliphatic heterocycles. The molecule has 0 bridgehead atoms. The van der Waals surface area contributed by atoms with Crippen LogP contribution in [0.3, 0.4) is 0 Å². The van der Waals surface area contributed by atoms with Crippen molar-refractivity contribution in [1.82, 2.24) is 19.8 Å². The molecule has 0 fully saturated rings. The van der Waals surface area contributed by atoms with Gasteiger partial charge in [-0.3, -0.25) is 9.47 Å². The van der Waals surface area contributed by atoms with Crippen molar-refractivity contribution in [3.05, 3.63) is 98.4 Å². The number of carbonyl (C=O) groups is 1. The van der Waals surface area contributed by atoms with Crippen molar-refractivity contribution in [2.75, 3.05) is 13.1 Å². The molecule has 5 rings (SSSR count). The fourth-order valence-corrected chi connectivity index (χ4v) is 5.24. The molecule has 4 aromatic rings. The number of ether oxygens (including phenoxy) is 1. The van der Waals surface area contributed by atoms with Gasteiger partial charge in [0, 0.05) is 55.9 Å². The predicted octanol–water partition coefficient (Wildman–Crippen LogP) is 7.72. The molecule has 0 aliphatic carbocycles. The second kappa shape index (κ2) is 11.7. The lowest BCUT2D eigenvalue weighted by atomic mass is 10.0. The fourth-order valence-electron chi connectivity index (χ4n) is 4.74. The maximum atomic E-state index is 13.4.